The van der Waals surface area contributed by atoms with Crippen molar-refractivity contribution in [3.63, 3.8) is 0 Å². The standard InChI is InChI=1S/C13H10FN3O/c1-9-4-13(18)17(16-7-9)8-10-2-3-12(14)11(5-10)6-15/h2-5,7H,8H2,1H3. The first-order chi connectivity index (χ1) is 8.60. The Bertz CT molecular complexity index is 685. The predicted molar refractivity (Wildman–Crippen MR) is 63.5 cm³/mol. The van der Waals surface area contributed by atoms with E-state index in [9.17, 15) is 9.18 Å². The van der Waals surface area contributed by atoms with Crippen molar-refractivity contribution in [1.29, 1.82) is 5.26 Å². The Labute approximate surface area is 103 Å². The number of aryl methyl sites for hydroxylation is 1. The highest BCUT2D eigenvalue weighted by Crippen LogP contribution is 2.10. The molecule has 0 N–H and O–H groups in total. The fourth-order valence-corrected chi connectivity index (χ4v) is 1.57. The van der Waals surface area contributed by atoms with E-state index >= 15 is 0 Å². The summed E-state index contributed by atoms with van der Waals surface area (Å²) in [5.41, 5.74) is 1.19. The summed E-state index contributed by atoms with van der Waals surface area (Å²) < 4.78 is 14.4. The fourth-order valence-electron chi connectivity index (χ4n) is 1.57. The summed E-state index contributed by atoms with van der Waals surface area (Å²) in [6.45, 7) is 2.00. The van der Waals surface area contributed by atoms with Gasteiger partial charge >= 0.3 is 0 Å². The monoisotopic (exact) mass is 243 g/mol. The van der Waals surface area contributed by atoms with Gasteiger partial charge in [-0.1, -0.05) is 6.07 Å². The van der Waals surface area contributed by atoms with Crippen LogP contribution in [0.15, 0.2) is 35.3 Å². The van der Waals surface area contributed by atoms with E-state index in [2.05, 4.69) is 5.10 Å². The summed E-state index contributed by atoms with van der Waals surface area (Å²) in [7, 11) is 0. The normalized spacial score (nSPS) is 10.1. The molecule has 2 rings (SSSR count). The maximum Gasteiger partial charge on any atom is 0.267 e. The van der Waals surface area contributed by atoms with Gasteiger partial charge < -0.3 is 0 Å². The Hall–Kier alpha value is -2.48. The summed E-state index contributed by atoms with van der Waals surface area (Å²) in [6.07, 6.45) is 1.58. The lowest BCUT2D eigenvalue weighted by Gasteiger charge is -2.05. The Morgan fingerprint density at radius 2 is 2.22 bits per heavy atom. The number of rotatable bonds is 2. The molecular formula is C13H10FN3O. The zero-order valence-electron chi connectivity index (χ0n) is 9.72. The molecule has 1 aromatic heterocycles. The third-order valence-electron chi connectivity index (χ3n) is 2.49. The van der Waals surface area contributed by atoms with E-state index in [-0.39, 0.29) is 17.7 Å². The van der Waals surface area contributed by atoms with Crippen LogP contribution in [0, 0.1) is 24.1 Å². The summed E-state index contributed by atoms with van der Waals surface area (Å²) in [4.78, 5) is 11.6. The first kappa shape index (κ1) is 12.0. The summed E-state index contributed by atoms with van der Waals surface area (Å²) in [5, 5.41) is 12.7. The number of nitriles is 1. The van der Waals surface area contributed by atoms with Crippen molar-refractivity contribution >= 4 is 0 Å². The molecule has 0 fully saturated rings. The van der Waals surface area contributed by atoms with Gasteiger partial charge in [0.1, 0.15) is 11.9 Å². The number of hydrogen-bond acceptors (Lipinski definition) is 3. The van der Waals surface area contributed by atoms with E-state index in [0.29, 0.717) is 5.56 Å². The summed E-state index contributed by atoms with van der Waals surface area (Å²) in [6, 6.07) is 7.40. The topological polar surface area (TPSA) is 58.7 Å². The van der Waals surface area contributed by atoms with Crippen molar-refractivity contribution in [2.24, 2.45) is 0 Å². The van der Waals surface area contributed by atoms with Crippen molar-refractivity contribution in [3.05, 3.63) is 63.3 Å². The summed E-state index contributed by atoms with van der Waals surface area (Å²) >= 11 is 0. The minimum atomic E-state index is -0.564. The molecule has 0 aliphatic carbocycles. The van der Waals surface area contributed by atoms with Crippen LogP contribution in [0.5, 0.6) is 0 Å². The van der Waals surface area contributed by atoms with Crippen molar-refractivity contribution < 1.29 is 4.39 Å². The molecule has 0 saturated carbocycles. The third-order valence-corrected chi connectivity index (χ3v) is 2.49. The smallest absolute Gasteiger partial charge is 0.267 e. The zero-order valence-corrected chi connectivity index (χ0v) is 9.72. The van der Waals surface area contributed by atoms with Crippen LogP contribution in [-0.4, -0.2) is 9.78 Å². The molecule has 90 valence electrons. The van der Waals surface area contributed by atoms with Crippen LogP contribution >= 0.6 is 0 Å². The number of benzene rings is 1. The van der Waals surface area contributed by atoms with Gasteiger partial charge in [-0.25, -0.2) is 9.07 Å². The van der Waals surface area contributed by atoms with Crippen molar-refractivity contribution in [2.75, 3.05) is 0 Å². The third kappa shape index (κ3) is 2.43. The lowest BCUT2D eigenvalue weighted by molar-refractivity contribution is 0.615. The molecule has 2 aromatic rings. The van der Waals surface area contributed by atoms with Crippen molar-refractivity contribution in [2.45, 2.75) is 13.5 Å². The van der Waals surface area contributed by atoms with Gasteiger partial charge in [0, 0.05) is 6.07 Å². The molecule has 1 aromatic carbocycles. The Kier molecular flexibility index (Phi) is 3.20. The van der Waals surface area contributed by atoms with Gasteiger partial charge in [0.2, 0.25) is 0 Å². The highest BCUT2D eigenvalue weighted by Gasteiger charge is 2.04. The average Bonchev–Trinajstić information content (AvgIpc) is 2.35. The molecule has 0 unspecified atom stereocenters. The van der Waals surface area contributed by atoms with Crippen LogP contribution in [0.3, 0.4) is 0 Å². The molecule has 5 heteroatoms. The molecule has 0 amide bonds. The van der Waals surface area contributed by atoms with Gasteiger partial charge in [0.15, 0.2) is 0 Å². The van der Waals surface area contributed by atoms with Crippen molar-refractivity contribution in [1.82, 2.24) is 9.78 Å². The van der Waals surface area contributed by atoms with Gasteiger partial charge in [-0.15, -0.1) is 0 Å². The first-order valence-electron chi connectivity index (χ1n) is 5.32. The van der Waals surface area contributed by atoms with Crippen LogP contribution in [0.1, 0.15) is 16.7 Å². The van der Waals surface area contributed by atoms with E-state index < -0.39 is 5.82 Å². The minimum Gasteiger partial charge on any atom is -0.268 e. The van der Waals surface area contributed by atoms with Crippen LogP contribution in [0.25, 0.3) is 0 Å². The maximum absolute atomic E-state index is 13.1. The highest BCUT2D eigenvalue weighted by atomic mass is 19.1. The highest BCUT2D eigenvalue weighted by molar-refractivity contribution is 5.34. The second kappa shape index (κ2) is 4.80. The van der Waals surface area contributed by atoms with E-state index in [1.54, 1.807) is 19.2 Å². The van der Waals surface area contributed by atoms with Gasteiger partial charge in [0.05, 0.1) is 18.3 Å². The molecule has 1 heterocycles. The molecule has 18 heavy (non-hydrogen) atoms. The Morgan fingerprint density at radius 1 is 1.44 bits per heavy atom. The molecule has 0 aliphatic heterocycles. The lowest BCUT2D eigenvalue weighted by Crippen LogP contribution is -2.22. The molecule has 0 saturated heterocycles. The maximum atomic E-state index is 13.1. The molecule has 0 atom stereocenters. The summed E-state index contributed by atoms with van der Waals surface area (Å²) in [5.74, 6) is -0.564. The van der Waals surface area contributed by atoms with Crippen molar-refractivity contribution in [3.8, 4) is 6.07 Å². The first-order valence-corrected chi connectivity index (χ1v) is 5.32. The van der Waals surface area contributed by atoms with Gasteiger partial charge in [-0.3, -0.25) is 4.79 Å². The lowest BCUT2D eigenvalue weighted by atomic mass is 10.1. The van der Waals surface area contributed by atoms with Crippen LogP contribution in [-0.2, 0) is 6.54 Å². The Morgan fingerprint density at radius 3 is 2.89 bits per heavy atom. The second-order valence-corrected chi connectivity index (χ2v) is 3.95. The SMILES string of the molecule is Cc1cnn(Cc2ccc(F)c(C#N)c2)c(=O)c1. The number of halogens is 1. The van der Waals surface area contributed by atoms with E-state index in [4.69, 9.17) is 5.26 Å². The number of hydrogen-bond donors (Lipinski definition) is 0. The largest absolute Gasteiger partial charge is 0.268 e. The van der Waals surface area contributed by atoms with Gasteiger partial charge in [0.25, 0.3) is 5.56 Å². The van der Waals surface area contributed by atoms with E-state index in [1.165, 1.54) is 28.9 Å². The number of aromatic nitrogens is 2. The fraction of sp³-hybridized carbons (Fsp3) is 0.154. The van der Waals surface area contributed by atoms with Crippen LogP contribution in [0.2, 0.25) is 0 Å². The van der Waals surface area contributed by atoms with Crippen LogP contribution < -0.4 is 5.56 Å². The quantitative estimate of drug-likeness (QED) is 0.805. The zero-order chi connectivity index (χ0) is 13.1. The van der Waals surface area contributed by atoms with E-state index in [0.717, 1.165) is 5.56 Å². The molecule has 0 aliphatic rings. The second-order valence-electron chi connectivity index (χ2n) is 3.95. The van der Waals surface area contributed by atoms with Gasteiger partial charge in [-0.2, -0.15) is 10.4 Å². The average molecular weight is 243 g/mol. The number of nitrogens with zero attached hydrogens (tertiary/aromatic N) is 3. The molecule has 0 spiro atoms. The Balaban J connectivity index is 2.35. The molecule has 4 nitrogen and oxygen atoms in total. The molecular weight excluding hydrogens is 233 g/mol. The van der Waals surface area contributed by atoms with E-state index in [1.807, 2.05) is 0 Å². The van der Waals surface area contributed by atoms with Crippen LogP contribution in [0.4, 0.5) is 4.39 Å². The predicted octanol–water partition coefficient (Wildman–Crippen LogP) is 1.61. The molecule has 0 radical (unpaired) electrons. The van der Waals surface area contributed by atoms with Gasteiger partial charge in [-0.05, 0) is 30.2 Å². The molecule has 0 bridgehead atoms. The minimum absolute atomic E-state index is 0.0346.